The van der Waals surface area contributed by atoms with Gasteiger partial charge in [-0.1, -0.05) is 57.9 Å². The van der Waals surface area contributed by atoms with Gasteiger partial charge in [0, 0.05) is 6.07 Å². The van der Waals surface area contributed by atoms with Crippen molar-refractivity contribution in [3.8, 4) is 22.6 Å². The Morgan fingerprint density at radius 2 is 1.21 bits per heavy atom. The Labute approximate surface area is 198 Å². The summed E-state index contributed by atoms with van der Waals surface area (Å²) in [7, 11) is 0. The molecular formula is C27H38O6. The number of ether oxygens (including phenoxy) is 4. The van der Waals surface area contributed by atoms with E-state index in [2.05, 4.69) is 31.2 Å². The van der Waals surface area contributed by atoms with Crippen molar-refractivity contribution < 1.29 is 28.5 Å². The van der Waals surface area contributed by atoms with Crippen molar-refractivity contribution in [2.24, 2.45) is 0 Å². The summed E-state index contributed by atoms with van der Waals surface area (Å²) in [6, 6.07) is 13.7. The summed E-state index contributed by atoms with van der Waals surface area (Å²) in [5, 5.41) is 0. The minimum Gasteiger partial charge on any atom is -0.482 e. The second-order valence-electron chi connectivity index (χ2n) is 7.03. The van der Waals surface area contributed by atoms with Gasteiger partial charge in [0.25, 0.3) is 0 Å². The highest BCUT2D eigenvalue weighted by molar-refractivity contribution is 5.73. The predicted molar refractivity (Wildman–Crippen MR) is 131 cm³/mol. The van der Waals surface area contributed by atoms with Gasteiger partial charge in [-0.25, -0.2) is 9.59 Å². The standard InChI is InChI=1S/C25H32O6.C2H6/c1-4-7-8-9-19-10-12-20(13-11-19)21-14-22(30-17-24(26)28-5-2)16-23(15-21)31-18-25(27)29-6-3;1-2/h10-16H,4-9,17-18H2,1-3H3;1-2H3. The molecule has 0 spiro atoms. The summed E-state index contributed by atoms with van der Waals surface area (Å²) in [5.41, 5.74) is 3.15. The number of hydrogen-bond donors (Lipinski definition) is 0. The molecule has 0 atom stereocenters. The highest BCUT2D eigenvalue weighted by Crippen LogP contribution is 2.30. The Morgan fingerprint density at radius 3 is 1.67 bits per heavy atom. The Balaban J connectivity index is 0.00000265. The molecule has 0 aliphatic carbocycles. The van der Waals surface area contributed by atoms with Gasteiger partial charge in [-0.15, -0.1) is 0 Å². The Hall–Kier alpha value is -3.02. The van der Waals surface area contributed by atoms with E-state index < -0.39 is 11.9 Å². The van der Waals surface area contributed by atoms with Crippen LogP contribution in [0.1, 0.15) is 59.4 Å². The van der Waals surface area contributed by atoms with Gasteiger partial charge in [-0.3, -0.25) is 0 Å². The quantitative estimate of drug-likeness (QED) is 0.271. The second kappa shape index (κ2) is 16.6. The minimum atomic E-state index is -0.446. The monoisotopic (exact) mass is 458 g/mol. The van der Waals surface area contributed by atoms with Crippen LogP contribution in [0.5, 0.6) is 11.5 Å². The molecule has 6 heteroatoms. The van der Waals surface area contributed by atoms with Crippen molar-refractivity contribution in [3.05, 3.63) is 48.0 Å². The molecule has 2 aromatic carbocycles. The zero-order valence-electron chi connectivity index (χ0n) is 20.6. The second-order valence-corrected chi connectivity index (χ2v) is 7.03. The lowest BCUT2D eigenvalue weighted by Crippen LogP contribution is -2.15. The molecule has 2 rings (SSSR count). The fourth-order valence-corrected chi connectivity index (χ4v) is 3.04. The van der Waals surface area contributed by atoms with E-state index in [0.717, 1.165) is 17.5 Å². The van der Waals surface area contributed by atoms with Crippen LogP contribution in [0.4, 0.5) is 0 Å². The molecule has 182 valence electrons. The number of benzene rings is 2. The molecule has 0 radical (unpaired) electrons. The molecule has 0 fully saturated rings. The highest BCUT2D eigenvalue weighted by Gasteiger charge is 2.10. The summed E-state index contributed by atoms with van der Waals surface area (Å²) in [5.74, 6) is 0.0181. The smallest absolute Gasteiger partial charge is 0.344 e. The average molecular weight is 459 g/mol. The van der Waals surface area contributed by atoms with Gasteiger partial charge < -0.3 is 18.9 Å². The van der Waals surface area contributed by atoms with Gasteiger partial charge in [0.15, 0.2) is 13.2 Å². The number of carbonyl (C=O) groups excluding carboxylic acids is 2. The predicted octanol–water partition coefficient (Wildman–Crippen LogP) is 6.00. The lowest BCUT2D eigenvalue weighted by Gasteiger charge is -2.13. The van der Waals surface area contributed by atoms with E-state index in [0.29, 0.717) is 24.7 Å². The first kappa shape index (κ1) is 28.0. The molecule has 0 aliphatic heterocycles. The van der Waals surface area contributed by atoms with Crippen LogP contribution in [0, 0.1) is 0 Å². The topological polar surface area (TPSA) is 71.1 Å². The first-order valence-corrected chi connectivity index (χ1v) is 11.9. The molecule has 0 unspecified atom stereocenters. The van der Waals surface area contributed by atoms with Crippen LogP contribution in [0.15, 0.2) is 42.5 Å². The van der Waals surface area contributed by atoms with Crippen LogP contribution in [-0.2, 0) is 25.5 Å². The Kier molecular flexibility index (Phi) is 14.1. The summed E-state index contributed by atoms with van der Waals surface area (Å²) in [6.07, 6.45) is 4.66. The van der Waals surface area contributed by atoms with Crippen molar-refractivity contribution >= 4 is 11.9 Å². The van der Waals surface area contributed by atoms with Crippen LogP contribution in [0.3, 0.4) is 0 Å². The molecule has 0 heterocycles. The first-order chi connectivity index (χ1) is 16.0. The average Bonchev–Trinajstić information content (AvgIpc) is 2.84. The molecule has 0 N–H and O–H groups in total. The van der Waals surface area contributed by atoms with Crippen molar-refractivity contribution in [3.63, 3.8) is 0 Å². The number of hydrogen-bond acceptors (Lipinski definition) is 6. The van der Waals surface area contributed by atoms with Crippen molar-refractivity contribution in [1.29, 1.82) is 0 Å². The van der Waals surface area contributed by atoms with E-state index in [4.69, 9.17) is 18.9 Å². The molecule has 0 bridgehead atoms. The molecule has 33 heavy (non-hydrogen) atoms. The van der Waals surface area contributed by atoms with Gasteiger partial charge in [0.2, 0.25) is 0 Å². The van der Waals surface area contributed by atoms with Gasteiger partial charge in [-0.05, 0) is 55.5 Å². The van der Waals surface area contributed by atoms with E-state index in [1.165, 1.54) is 24.8 Å². The molecule has 6 nitrogen and oxygen atoms in total. The molecule has 0 amide bonds. The maximum atomic E-state index is 11.6. The zero-order valence-corrected chi connectivity index (χ0v) is 20.6. The van der Waals surface area contributed by atoms with E-state index in [1.807, 2.05) is 26.0 Å². The number of esters is 2. The van der Waals surface area contributed by atoms with Gasteiger partial charge in [-0.2, -0.15) is 0 Å². The van der Waals surface area contributed by atoms with Crippen LogP contribution in [0.2, 0.25) is 0 Å². The van der Waals surface area contributed by atoms with Gasteiger partial charge >= 0.3 is 11.9 Å². The summed E-state index contributed by atoms with van der Waals surface area (Å²) >= 11 is 0. The van der Waals surface area contributed by atoms with Gasteiger partial charge in [0.05, 0.1) is 13.2 Å². The maximum Gasteiger partial charge on any atom is 0.344 e. The number of aryl methyl sites for hydroxylation is 1. The molecule has 0 aromatic heterocycles. The fourth-order valence-electron chi connectivity index (χ4n) is 3.04. The number of carbonyl (C=O) groups is 2. The third kappa shape index (κ3) is 10.9. The number of rotatable bonds is 13. The Morgan fingerprint density at radius 1 is 0.697 bits per heavy atom. The van der Waals surface area contributed by atoms with E-state index in [9.17, 15) is 9.59 Å². The SMILES string of the molecule is CC.CCCCCc1ccc(-c2cc(OCC(=O)OCC)cc(OCC(=O)OCC)c2)cc1. The molecular weight excluding hydrogens is 420 g/mol. The van der Waals surface area contributed by atoms with E-state index in [-0.39, 0.29) is 13.2 Å². The van der Waals surface area contributed by atoms with Crippen molar-refractivity contribution in [1.82, 2.24) is 0 Å². The molecule has 2 aromatic rings. The molecule has 0 aliphatic rings. The fraction of sp³-hybridized carbons (Fsp3) is 0.481. The first-order valence-electron chi connectivity index (χ1n) is 11.9. The van der Waals surface area contributed by atoms with E-state index in [1.54, 1.807) is 19.9 Å². The lowest BCUT2D eigenvalue weighted by atomic mass is 10.0. The molecule has 0 saturated heterocycles. The van der Waals surface area contributed by atoms with E-state index >= 15 is 0 Å². The highest BCUT2D eigenvalue weighted by atomic mass is 16.6. The van der Waals surface area contributed by atoms with Crippen LogP contribution >= 0.6 is 0 Å². The zero-order chi connectivity index (χ0) is 24.5. The van der Waals surface area contributed by atoms with Crippen LogP contribution in [0.25, 0.3) is 11.1 Å². The lowest BCUT2D eigenvalue weighted by molar-refractivity contribution is -0.146. The van der Waals surface area contributed by atoms with Crippen LogP contribution in [-0.4, -0.2) is 38.4 Å². The molecule has 0 saturated carbocycles. The third-order valence-electron chi connectivity index (χ3n) is 4.56. The van der Waals surface area contributed by atoms with Crippen LogP contribution < -0.4 is 9.47 Å². The maximum absolute atomic E-state index is 11.6. The van der Waals surface area contributed by atoms with Crippen molar-refractivity contribution in [2.75, 3.05) is 26.4 Å². The Bertz CT molecular complexity index is 789. The summed E-state index contributed by atoms with van der Waals surface area (Å²) in [6.45, 7) is 9.86. The summed E-state index contributed by atoms with van der Waals surface area (Å²) in [4.78, 5) is 23.3. The van der Waals surface area contributed by atoms with Gasteiger partial charge in [0.1, 0.15) is 11.5 Å². The summed E-state index contributed by atoms with van der Waals surface area (Å²) < 4.78 is 21.0. The normalized spacial score (nSPS) is 9.97. The third-order valence-corrected chi connectivity index (χ3v) is 4.56. The number of unbranched alkanes of at least 4 members (excludes halogenated alkanes) is 2. The largest absolute Gasteiger partial charge is 0.482 e. The minimum absolute atomic E-state index is 0.203. The van der Waals surface area contributed by atoms with Crippen molar-refractivity contribution in [2.45, 2.75) is 60.3 Å².